The van der Waals surface area contributed by atoms with E-state index in [1.54, 1.807) is 27.7 Å². The Morgan fingerprint density at radius 2 is 1.89 bits per heavy atom. The molecule has 18 heavy (non-hydrogen) atoms. The summed E-state index contributed by atoms with van der Waals surface area (Å²) in [5.41, 5.74) is 0.216. The first-order valence-electron chi connectivity index (χ1n) is 5.54. The van der Waals surface area contributed by atoms with Gasteiger partial charge in [-0.05, 0) is 12.3 Å². The molecule has 2 N–H and O–H groups in total. The normalized spacial score (nSPS) is 12.9. The number of carbonyl (C=O) groups excluding carboxylic acids is 1. The van der Waals surface area contributed by atoms with E-state index in [0.29, 0.717) is 5.69 Å². The van der Waals surface area contributed by atoms with Gasteiger partial charge >= 0.3 is 5.97 Å². The summed E-state index contributed by atoms with van der Waals surface area (Å²) in [7, 11) is 0. The lowest BCUT2D eigenvalue weighted by atomic mass is 9.86. The lowest BCUT2D eigenvalue weighted by Gasteiger charge is -2.27. The van der Waals surface area contributed by atoms with E-state index in [4.69, 9.17) is 5.11 Å². The molecule has 0 unspecified atom stereocenters. The van der Waals surface area contributed by atoms with Crippen LogP contribution in [0.25, 0.3) is 0 Å². The molecule has 0 aliphatic carbocycles. The van der Waals surface area contributed by atoms with Gasteiger partial charge in [0.15, 0.2) is 0 Å². The maximum Gasteiger partial charge on any atom is 0.326 e. The third-order valence-electron chi connectivity index (χ3n) is 2.40. The Bertz CT molecular complexity index is 449. The van der Waals surface area contributed by atoms with Crippen molar-refractivity contribution in [3.05, 3.63) is 23.8 Å². The maximum atomic E-state index is 11.8. The summed E-state index contributed by atoms with van der Waals surface area (Å²) in [6.07, 6.45) is 2.79. The van der Waals surface area contributed by atoms with Gasteiger partial charge in [0.1, 0.15) is 11.7 Å². The van der Waals surface area contributed by atoms with Gasteiger partial charge in [0, 0.05) is 6.20 Å². The van der Waals surface area contributed by atoms with Crippen LogP contribution in [0.3, 0.4) is 0 Å². The molecule has 1 atom stereocenters. The summed E-state index contributed by atoms with van der Waals surface area (Å²) >= 11 is 0. The van der Waals surface area contributed by atoms with Crippen molar-refractivity contribution in [2.45, 2.75) is 33.7 Å². The fourth-order valence-corrected chi connectivity index (χ4v) is 1.36. The molecule has 0 fully saturated rings. The summed E-state index contributed by atoms with van der Waals surface area (Å²) < 4.78 is 0. The summed E-state index contributed by atoms with van der Waals surface area (Å²) in [4.78, 5) is 30.8. The zero-order valence-electron chi connectivity index (χ0n) is 10.9. The van der Waals surface area contributed by atoms with E-state index in [1.807, 2.05) is 0 Å². The number of amides is 1. The highest BCUT2D eigenvalue weighted by molar-refractivity contribution is 5.94. The molecule has 0 radical (unpaired) electrons. The van der Waals surface area contributed by atoms with Gasteiger partial charge in [0.05, 0.1) is 11.9 Å². The molecular weight excluding hydrogens is 234 g/mol. The van der Waals surface area contributed by atoms with Crippen molar-refractivity contribution in [3.63, 3.8) is 0 Å². The molecule has 1 amide bonds. The summed E-state index contributed by atoms with van der Waals surface area (Å²) in [5, 5.41) is 11.5. The zero-order chi connectivity index (χ0) is 13.9. The van der Waals surface area contributed by atoms with E-state index < -0.39 is 23.3 Å². The van der Waals surface area contributed by atoms with Crippen molar-refractivity contribution in [1.82, 2.24) is 15.3 Å². The van der Waals surface area contributed by atoms with Gasteiger partial charge in [-0.25, -0.2) is 9.78 Å². The van der Waals surface area contributed by atoms with E-state index in [2.05, 4.69) is 15.3 Å². The van der Waals surface area contributed by atoms with E-state index >= 15 is 0 Å². The number of carbonyl (C=O) groups is 2. The van der Waals surface area contributed by atoms with Crippen molar-refractivity contribution in [3.8, 4) is 0 Å². The Morgan fingerprint density at radius 1 is 1.28 bits per heavy atom. The first-order valence-corrected chi connectivity index (χ1v) is 5.54. The molecule has 0 bridgehead atoms. The third kappa shape index (κ3) is 3.51. The Hall–Kier alpha value is -1.98. The number of nitrogens with one attached hydrogen (secondary N) is 1. The van der Waals surface area contributed by atoms with Gasteiger partial charge in [0.2, 0.25) is 0 Å². The van der Waals surface area contributed by atoms with Gasteiger partial charge in [0.25, 0.3) is 5.91 Å². The number of aliphatic carboxylic acids is 1. The SMILES string of the molecule is Cc1cnc(C(=O)N[C@@H](C(=O)O)C(C)(C)C)cn1. The fraction of sp³-hybridized carbons (Fsp3) is 0.500. The molecule has 0 spiro atoms. The molecule has 1 aromatic heterocycles. The van der Waals surface area contributed by atoms with Gasteiger partial charge < -0.3 is 10.4 Å². The van der Waals surface area contributed by atoms with E-state index in [0.717, 1.165) is 0 Å². The quantitative estimate of drug-likeness (QED) is 0.836. The minimum Gasteiger partial charge on any atom is -0.480 e. The second-order valence-electron chi connectivity index (χ2n) is 5.15. The number of carboxylic acids is 1. The van der Waals surface area contributed by atoms with Crippen LogP contribution in [-0.2, 0) is 4.79 Å². The second kappa shape index (κ2) is 5.12. The molecule has 1 aromatic rings. The van der Waals surface area contributed by atoms with Gasteiger partial charge in [-0.15, -0.1) is 0 Å². The molecule has 0 aliphatic heterocycles. The number of hydrogen-bond donors (Lipinski definition) is 2. The highest BCUT2D eigenvalue weighted by Crippen LogP contribution is 2.19. The number of hydrogen-bond acceptors (Lipinski definition) is 4. The average molecular weight is 251 g/mol. The Kier molecular flexibility index (Phi) is 4.00. The topological polar surface area (TPSA) is 92.2 Å². The standard InChI is InChI=1S/C12H17N3O3/c1-7-5-14-8(6-13-7)10(16)15-9(11(17)18)12(2,3)4/h5-6,9H,1-4H3,(H,15,16)(H,17,18)/t9-/m0/s1. The lowest BCUT2D eigenvalue weighted by molar-refractivity contribution is -0.142. The molecular formula is C12H17N3O3. The number of aryl methyl sites for hydroxylation is 1. The summed E-state index contributed by atoms with van der Waals surface area (Å²) in [6.45, 7) is 6.98. The first-order chi connectivity index (χ1) is 8.21. The molecule has 6 heteroatoms. The molecule has 0 aliphatic rings. The second-order valence-corrected chi connectivity index (χ2v) is 5.15. The van der Waals surface area contributed by atoms with Gasteiger partial charge in [-0.1, -0.05) is 20.8 Å². The molecule has 1 heterocycles. The van der Waals surface area contributed by atoms with Crippen LogP contribution in [-0.4, -0.2) is 33.0 Å². The van der Waals surface area contributed by atoms with Crippen molar-refractivity contribution < 1.29 is 14.7 Å². The lowest BCUT2D eigenvalue weighted by Crippen LogP contribution is -2.49. The fourth-order valence-electron chi connectivity index (χ4n) is 1.36. The highest BCUT2D eigenvalue weighted by Gasteiger charge is 2.33. The number of aromatic nitrogens is 2. The van der Waals surface area contributed by atoms with Crippen LogP contribution >= 0.6 is 0 Å². The predicted octanol–water partition coefficient (Wildman–Crippen LogP) is 1.01. The molecule has 6 nitrogen and oxygen atoms in total. The molecule has 98 valence electrons. The Balaban J connectivity index is 2.86. The minimum atomic E-state index is -1.07. The van der Waals surface area contributed by atoms with Crippen molar-refractivity contribution in [1.29, 1.82) is 0 Å². The smallest absolute Gasteiger partial charge is 0.326 e. The Labute approximate surface area is 105 Å². The number of rotatable bonds is 3. The van der Waals surface area contributed by atoms with Crippen LogP contribution in [0.2, 0.25) is 0 Å². The first kappa shape index (κ1) is 14.1. The monoisotopic (exact) mass is 251 g/mol. The summed E-state index contributed by atoms with van der Waals surface area (Å²) in [6, 6.07) is -0.979. The minimum absolute atomic E-state index is 0.107. The van der Waals surface area contributed by atoms with Crippen LogP contribution in [0, 0.1) is 12.3 Å². The number of carboxylic acid groups (broad SMARTS) is 1. The third-order valence-corrected chi connectivity index (χ3v) is 2.40. The van der Waals surface area contributed by atoms with Crippen molar-refractivity contribution >= 4 is 11.9 Å². The molecule has 0 saturated carbocycles. The summed E-state index contributed by atoms with van der Waals surface area (Å²) in [5.74, 6) is -1.61. The van der Waals surface area contributed by atoms with Gasteiger partial charge in [-0.3, -0.25) is 9.78 Å². The van der Waals surface area contributed by atoms with Crippen LogP contribution in [0.4, 0.5) is 0 Å². The maximum absolute atomic E-state index is 11.8. The highest BCUT2D eigenvalue weighted by atomic mass is 16.4. The molecule has 0 saturated heterocycles. The predicted molar refractivity (Wildman–Crippen MR) is 65.1 cm³/mol. The van der Waals surface area contributed by atoms with Crippen LogP contribution < -0.4 is 5.32 Å². The zero-order valence-corrected chi connectivity index (χ0v) is 10.9. The van der Waals surface area contributed by atoms with Crippen molar-refractivity contribution in [2.75, 3.05) is 0 Å². The number of nitrogens with zero attached hydrogens (tertiary/aromatic N) is 2. The van der Waals surface area contributed by atoms with E-state index in [-0.39, 0.29) is 5.69 Å². The molecule has 0 aromatic carbocycles. The largest absolute Gasteiger partial charge is 0.480 e. The van der Waals surface area contributed by atoms with E-state index in [1.165, 1.54) is 12.4 Å². The van der Waals surface area contributed by atoms with Crippen LogP contribution in [0.1, 0.15) is 37.0 Å². The Morgan fingerprint density at radius 3 is 2.28 bits per heavy atom. The van der Waals surface area contributed by atoms with E-state index in [9.17, 15) is 9.59 Å². The molecule has 1 rings (SSSR count). The van der Waals surface area contributed by atoms with Crippen molar-refractivity contribution in [2.24, 2.45) is 5.41 Å². The van der Waals surface area contributed by atoms with Gasteiger partial charge in [-0.2, -0.15) is 0 Å². The van der Waals surface area contributed by atoms with Crippen LogP contribution in [0.5, 0.6) is 0 Å². The van der Waals surface area contributed by atoms with Crippen LogP contribution in [0.15, 0.2) is 12.4 Å². The average Bonchev–Trinajstić information content (AvgIpc) is 2.24.